The van der Waals surface area contributed by atoms with Crippen molar-refractivity contribution in [1.29, 1.82) is 0 Å². The molecule has 3 aliphatic rings. The van der Waals surface area contributed by atoms with E-state index in [-0.39, 0.29) is 13.1 Å². The second-order valence-corrected chi connectivity index (χ2v) is 10.8. The molecule has 1 unspecified atom stereocenters. The van der Waals surface area contributed by atoms with Gasteiger partial charge in [0.05, 0.1) is 0 Å². The summed E-state index contributed by atoms with van der Waals surface area (Å²) in [6.45, 7) is 3.58. The molecule has 0 aromatic heterocycles. The third-order valence-corrected chi connectivity index (χ3v) is 7.89. The average Bonchev–Trinajstić information content (AvgIpc) is 3.07. The fourth-order valence-corrected chi connectivity index (χ4v) is 6.08. The maximum atomic E-state index is 13.3. The molecule has 1 aromatic carbocycles. The topological polar surface area (TPSA) is 156 Å². The van der Waals surface area contributed by atoms with Gasteiger partial charge in [-0.2, -0.15) is 0 Å². The number of aliphatic carboxylic acids is 1. The molecule has 3 N–H and O–H groups in total. The molecule has 3 saturated heterocycles. The molecular formula is C22H25N5O7S. The number of carbonyl (C=O) groups is 6. The molecule has 3 aliphatic heterocycles. The first kappa shape index (κ1) is 24.5. The predicted molar refractivity (Wildman–Crippen MR) is 123 cm³/mol. The van der Waals surface area contributed by atoms with Crippen molar-refractivity contribution in [3.63, 3.8) is 0 Å². The van der Waals surface area contributed by atoms with Crippen LogP contribution in [0.2, 0.25) is 0 Å². The highest BCUT2D eigenvalue weighted by Gasteiger charge is 2.64. The Balaban J connectivity index is 1.52. The SMILES string of the molecule is CN1CCN(C(=O)NC(C(=O)N[C@@H]2C(=O)N3[C@@H]2SC(C)(C)[C@@H]3C(=O)O)c2ccccc2)C(=O)C1=O. The number of nitrogens with one attached hydrogen (secondary N) is 2. The summed E-state index contributed by atoms with van der Waals surface area (Å²) in [5.74, 6) is -4.18. The first-order chi connectivity index (χ1) is 16.4. The van der Waals surface area contributed by atoms with Crippen LogP contribution in [0.4, 0.5) is 4.79 Å². The molecule has 1 aromatic rings. The molecule has 3 heterocycles. The van der Waals surface area contributed by atoms with Crippen LogP contribution in [0.25, 0.3) is 0 Å². The second kappa shape index (κ2) is 8.87. The number of hydrogen-bond acceptors (Lipinski definition) is 7. The number of benzene rings is 1. The molecular weight excluding hydrogens is 478 g/mol. The fourth-order valence-electron chi connectivity index (χ4n) is 4.45. The van der Waals surface area contributed by atoms with Crippen LogP contribution in [0.3, 0.4) is 0 Å². The van der Waals surface area contributed by atoms with Gasteiger partial charge in [0.25, 0.3) is 0 Å². The van der Waals surface area contributed by atoms with Gasteiger partial charge >= 0.3 is 23.8 Å². The van der Waals surface area contributed by atoms with Crippen LogP contribution in [0.15, 0.2) is 30.3 Å². The maximum absolute atomic E-state index is 13.3. The summed E-state index contributed by atoms with van der Waals surface area (Å²) in [6, 6.07) is 4.08. The van der Waals surface area contributed by atoms with Gasteiger partial charge in [0.1, 0.15) is 23.5 Å². The summed E-state index contributed by atoms with van der Waals surface area (Å²) >= 11 is 1.28. The van der Waals surface area contributed by atoms with Crippen LogP contribution < -0.4 is 10.6 Å². The lowest BCUT2D eigenvalue weighted by molar-refractivity contribution is -0.161. The Bertz CT molecular complexity index is 1110. The number of amides is 6. The Morgan fingerprint density at radius 1 is 1.09 bits per heavy atom. The van der Waals surface area contributed by atoms with Crippen LogP contribution in [0.1, 0.15) is 25.5 Å². The highest BCUT2D eigenvalue weighted by molar-refractivity contribution is 8.01. The largest absolute Gasteiger partial charge is 0.480 e. The lowest BCUT2D eigenvalue weighted by atomic mass is 9.95. The zero-order valence-corrected chi connectivity index (χ0v) is 20.1. The van der Waals surface area contributed by atoms with E-state index in [0.717, 1.165) is 4.90 Å². The molecule has 4 atom stereocenters. The number of rotatable bonds is 5. The molecule has 35 heavy (non-hydrogen) atoms. The van der Waals surface area contributed by atoms with Crippen molar-refractivity contribution in [3.8, 4) is 0 Å². The number of carboxylic acids is 1. The van der Waals surface area contributed by atoms with Crippen molar-refractivity contribution in [3.05, 3.63) is 35.9 Å². The van der Waals surface area contributed by atoms with Gasteiger partial charge in [-0.1, -0.05) is 30.3 Å². The number of urea groups is 1. The summed E-state index contributed by atoms with van der Waals surface area (Å²) in [6.07, 6.45) is 0. The monoisotopic (exact) mass is 503 g/mol. The zero-order valence-electron chi connectivity index (χ0n) is 19.3. The molecule has 4 rings (SSSR count). The minimum Gasteiger partial charge on any atom is -0.480 e. The molecule has 0 aliphatic carbocycles. The van der Waals surface area contributed by atoms with Crippen molar-refractivity contribution in [2.75, 3.05) is 20.1 Å². The fraction of sp³-hybridized carbons (Fsp3) is 0.455. The lowest BCUT2D eigenvalue weighted by Crippen LogP contribution is -2.71. The molecule has 12 nitrogen and oxygen atoms in total. The molecule has 0 radical (unpaired) electrons. The summed E-state index contributed by atoms with van der Waals surface area (Å²) < 4.78 is -0.757. The Labute approximate surface area is 205 Å². The second-order valence-electron chi connectivity index (χ2n) is 9.06. The molecule has 6 amide bonds. The number of fused-ring (bicyclic) bond motifs is 1. The predicted octanol–water partition coefficient (Wildman–Crippen LogP) is -0.630. The van der Waals surface area contributed by atoms with Gasteiger partial charge in [0.15, 0.2) is 0 Å². The molecule has 0 spiro atoms. The van der Waals surface area contributed by atoms with Gasteiger partial charge in [-0.3, -0.25) is 24.1 Å². The minimum atomic E-state index is -1.26. The summed E-state index contributed by atoms with van der Waals surface area (Å²) in [7, 11) is 1.45. The third kappa shape index (κ3) is 4.20. The van der Waals surface area contributed by atoms with E-state index in [2.05, 4.69) is 10.6 Å². The van der Waals surface area contributed by atoms with Gasteiger partial charge in [0.2, 0.25) is 11.8 Å². The van der Waals surface area contributed by atoms with Crippen molar-refractivity contribution < 1.29 is 33.9 Å². The molecule has 186 valence electrons. The van der Waals surface area contributed by atoms with Gasteiger partial charge < -0.3 is 25.5 Å². The Morgan fingerprint density at radius 3 is 2.37 bits per heavy atom. The number of nitrogens with zero attached hydrogens (tertiary/aromatic N) is 3. The number of piperazine rings is 1. The number of hydrogen-bond donors (Lipinski definition) is 3. The quantitative estimate of drug-likeness (QED) is 0.354. The number of β-lactam (4-membered cyclic amide) rings is 1. The van der Waals surface area contributed by atoms with E-state index in [9.17, 15) is 33.9 Å². The van der Waals surface area contributed by atoms with E-state index in [1.165, 1.54) is 28.6 Å². The van der Waals surface area contributed by atoms with Gasteiger partial charge in [-0.15, -0.1) is 11.8 Å². The van der Waals surface area contributed by atoms with Crippen LogP contribution in [0.5, 0.6) is 0 Å². The van der Waals surface area contributed by atoms with Crippen molar-refractivity contribution in [2.45, 2.75) is 42.1 Å². The average molecular weight is 504 g/mol. The van der Waals surface area contributed by atoms with E-state index in [1.54, 1.807) is 44.2 Å². The standard InChI is InChI=1S/C22H25N5O7S/c1-22(2)14(20(32)33)27-16(29)13(19(27)35-22)23-15(28)12(11-7-5-4-6-8-11)24-21(34)26-10-9-25(3)17(30)18(26)31/h4-8,12-14,19H,9-10H2,1-3H3,(H,23,28)(H,24,34)(H,32,33)/t12?,13-,14+,19-/m1/s1. The van der Waals surface area contributed by atoms with Crippen LogP contribution in [-0.4, -0.2) is 97.8 Å². The van der Waals surface area contributed by atoms with E-state index >= 15 is 0 Å². The lowest BCUT2D eigenvalue weighted by Gasteiger charge is -2.44. The molecule has 0 saturated carbocycles. The first-order valence-electron chi connectivity index (χ1n) is 10.9. The number of likely N-dealkylation sites (N-methyl/N-ethyl adjacent to an activating group) is 1. The Morgan fingerprint density at radius 2 is 1.74 bits per heavy atom. The third-order valence-electron chi connectivity index (χ3n) is 6.31. The minimum absolute atomic E-state index is 0.0313. The Hall–Kier alpha value is -3.61. The zero-order chi connectivity index (χ0) is 25.7. The summed E-state index contributed by atoms with van der Waals surface area (Å²) in [5.41, 5.74) is 0.401. The number of thioether (sulfide) groups is 1. The normalized spacial score (nSPS) is 26.1. The summed E-state index contributed by atoms with van der Waals surface area (Å²) in [4.78, 5) is 78.1. The van der Waals surface area contributed by atoms with Crippen molar-refractivity contribution in [2.24, 2.45) is 0 Å². The number of imide groups is 1. The maximum Gasteiger partial charge on any atom is 0.327 e. The van der Waals surface area contributed by atoms with Gasteiger partial charge in [0, 0.05) is 24.9 Å². The van der Waals surface area contributed by atoms with E-state index in [4.69, 9.17) is 0 Å². The van der Waals surface area contributed by atoms with Crippen molar-refractivity contribution >= 4 is 47.4 Å². The van der Waals surface area contributed by atoms with Gasteiger partial charge in [-0.05, 0) is 19.4 Å². The summed E-state index contributed by atoms with van der Waals surface area (Å²) in [5, 5.41) is 14.1. The van der Waals surface area contributed by atoms with Crippen LogP contribution in [-0.2, 0) is 24.0 Å². The number of carboxylic acid groups (broad SMARTS) is 1. The Kier molecular flexibility index (Phi) is 6.21. The van der Waals surface area contributed by atoms with E-state index in [0.29, 0.717) is 5.56 Å². The smallest absolute Gasteiger partial charge is 0.327 e. The van der Waals surface area contributed by atoms with Gasteiger partial charge in [-0.25, -0.2) is 9.59 Å². The molecule has 0 bridgehead atoms. The molecule has 13 heteroatoms. The number of carbonyl (C=O) groups excluding carboxylic acids is 5. The highest BCUT2D eigenvalue weighted by atomic mass is 32.2. The van der Waals surface area contributed by atoms with Crippen molar-refractivity contribution in [1.82, 2.24) is 25.3 Å². The van der Waals surface area contributed by atoms with E-state index in [1.807, 2.05) is 0 Å². The van der Waals surface area contributed by atoms with Crippen LogP contribution >= 0.6 is 11.8 Å². The van der Waals surface area contributed by atoms with E-state index < -0.39 is 63.9 Å². The molecule has 3 fully saturated rings. The van der Waals surface area contributed by atoms with Crippen LogP contribution in [0, 0.1) is 0 Å². The highest BCUT2D eigenvalue weighted by Crippen LogP contribution is 2.50. The first-order valence-corrected chi connectivity index (χ1v) is 11.8.